The molecular weight excluding hydrogens is 379 g/mol. The van der Waals surface area contributed by atoms with Crippen LogP contribution in [0.1, 0.15) is 29.8 Å². The van der Waals surface area contributed by atoms with Crippen molar-refractivity contribution in [3.05, 3.63) is 65.5 Å². The molecule has 0 aliphatic carbocycles. The molecule has 28 heavy (non-hydrogen) atoms. The molecule has 1 aliphatic rings. The summed E-state index contributed by atoms with van der Waals surface area (Å²) < 4.78 is 40.0. The van der Waals surface area contributed by atoms with Gasteiger partial charge in [-0.15, -0.1) is 0 Å². The Kier molecular flexibility index (Phi) is 6.15. The number of hydrogen-bond acceptors (Lipinski definition) is 3. The highest BCUT2D eigenvalue weighted by Crippen LogP contribution is 2.19. The molecule has 1 fully saturated rings. The average molecular weight is 405 g/mol. The molecule has 2 aromatic rings. The topological polar surface area (TPSA) is 57.7 Å². The van der Waals surface area contributed by atoms with Gasteiger partial charge in [-0.3, -0.25) is 4.79 Å². The summed E-state index contributed by atoms with van der Waals surface area (Å²) in [6, 6.07) is 12.6. The summed E-state index contributed by atoms with van der Waals surface area (Å²) in [5.41, 5.74) is 1.80. The molecule has 1 saturated heterocycles. The first kappa shape index (κ1) is 20.5. The van der Waals surface area contributed by atoms with E-state index in [2.05, 4.69) is 13.8 Å². The van der Waals surface area contributed by atoms with Gasteiger partial charge >= 0.3 is 0 Å². The lowest BCUT2D eigenvalue weighted by atomic mass is 10.0. The number of carbonyl (C=O) groups is 1. The second kappa shape index (κ2) is 8.41. The molecule has 2 aromatic carbocycles. The molecule has 3 rings (SSSR count). The van der Waals surface area contributed by atoms with E-state index in [0.717, 1.165) is 12.5 Å². The van der Waals surface area contributed by atoms with Crippen LogP contribution in [-0.4, -0.2) is 49.7 Å². The number of rotatable bonds is 5. The van der Waals surface area contributed by atoms with E-state index in [9.17, 15) is 17.6 Å². The Balaban J connectivity index is 1.64. The zero-order chi connectivity index (χ0) is 20.3. The Morgan fingerprint density at radius 1 is 1.04 bits per heavy atom. The maximum Gasteiger partial charge on any atom is 0.253 e. The van der Waals surface area contributed by atoms with Gasteiger partial charge in [0.2, 0.25) is 10.0 Å². The molecule has 7 heteroatoms. The second-order valence-electron chi connectivity index (χ2n) is 7.45. The van der Waals surface area contributed by atoms with Crippen LogP contribution >= 0.6 is 0 Å². The van der Waals surface area contributed by atoms with Crippen molar-refractivity contribution >= 4 is 15.9 Å². The minimum Gasteiger partial charge on any atom is -0.336 e. The molecule has 0 aromatic heterocycles. The monoisotopic (exact) mass is 404 g/mol. The second-order valence-corrected chi connectivity index (χ2v) is 9.39. The summed E-state index contributed by atoms with van der Waals surface area (Å²) in [5, 5.41) is 0. The number of hydrogen-bond donors (Lipinski definition) is 0. The molecule has 0 saturated carbocycles. The number of piperazine rings is 1. The molecule has 0 N–H and O–H groups in total. The molecule has 1 aliphatic heterocycles. The van der Waals surface area contributed by atoms with Gasteiger partial charge in [0.15, 0.2) is 0 Å². The largest absolute Gasteiger partial charge is 0.336 e. The van der Waals surface area contributed by atoms with Gasteiger partial charge in [0.05, 0.1) is 4.90 Å². The lowest BCUT2D eigenvalue weighted by Crippen LogP contribution is -2.50. The Bertz CT molecular complexity index is 934. The summed E-state index contributed by atoms with van der Waals surface area (Å²) in [6.45, 7) is 5.29. The van der Waals surface area contributed by atoms with Crippen LogP contribution in [0.25, 0.3) is 0 Å². The van der Waals surface area contributed by atoms with Gasteiger partial charge in [-0.2, -0.15) is 4.31 Å². The molecule has 150 valence electrons. The lowest BCUT2D eigenvalue weighted by Gasteiger charge is -2.34. The third kappa shape index (κ3) is 4.59. The van der Waals surface area contributed by atoms with E-state index in [1.165, 1.54) is 28.1 Å². The number of halogens is 1. The van der Waals surface area contributed by atoms with Crippen LogP contribution in [-0.2, 0) is 16.4 Å². The Morgan fingerprint density at radius 3 is 2.25 bits per heavy atom. The van der Waals surface area contributed by atoms with Gasteiger partial charge < -0.3 is 4.90 Å². The van der Waals surface area contributed by atoms with Crippen molar-refractivity contribution in [2.45, 2.75) is 25.2 Å². The first-order valence-corrected chi connectivity index (χ1v) is 10.9. The number of amides is 1. The quantitative estimate of drug-likeness (QED) is 0.769. The predicted octanol–water partition coefficient (Wildman–Crippen LogP) is 3.17. The van der Waals surface area contributed by atoms with Crippen LogP contribution in [0.2, 0.25) is 0 Å². The highest BCUT2D eigenvalue weighted by atomic mass is 32.2. The zero-order valence-electron chi connectivity index (χ0n) is 16.1. The van der Waals surface area contributed by atoms with Crippen molar-refractivity contribution < 1.29 is 17.6 Å². The summed E-state index contributed by atoms with van der Waals surface area (Å²) in [6.07, 6.45) is 0.963. The fourth-order valence-corrected chi connectivity index (χ4v) is 4.80. The predicted molar refractivity (Wildman–Crippen MR) is 106 cm³/mol. The number of carbonyl (C=O) groups excluding carboxylic acids is 1. The van der Waals surface area contributed by atoms with Gasteiger partial charge in [0, 0.05) is 31.7 Å². The van der Waals surface area contributed by atoms with Crippen LogP contribution in [0, 0.1) is 11.7 Å². The zero-order valence-corrected chi connectivity index (χ0v) is 17.0. The van der Waals surface area contributed by atoms with Gasteiger partial charge in [-0.1, -0.05) is 32.0 Å². The average Bonchev–Trinajstić information content (AvgIpc) is 2.68. The number of sulfonamides is 1. The Morgan fingerprint density at radius 2 is 1.68 bits per heavy atom. The maximum atomic E-state index is 13.4. The summed E-state index contributed by atoms with van der Waals surface area (Å²) in [7, 11) is -3.76. The Hall–Kier alpha value is -2.25. The van der Waals surface area contributed by atoms with Gasteiger partial charge in [-0.25, -0.2) is 12.8 Å². The van der Waals surface area contributed by atoms with E-state index in [4.69, 9.17) is 0 Å². The smallest absolute Gasteiger partial charge is 0.253 e. The number of benzene rings is 2. The molecule has 0 radical (unpaired) electrons. The first-order valence-electron chi connectivity index (χ1n) is 9.41. The summed E-state index contributed by atoms with van der Waals surface area (Å²) >= 11 is 0. The molecule has 0 atom stereocenters. The van der Waals surface area contributed by atoms with Gasteiger partial charge in [0.1, 0.15) is 5.82 Å². The van der Waals surface area contributed by atoms with Gasteiger partial charge in [-0.05, 0) is 48.2 Å². The van der Waals surface area contributed by atoms with E-state index in [1.54, 1.807) is 4.90 Å². The van der Waals surface area contributed by atoms with Crippen molar-refractivity contribution in [3.8, 4) is 0 Å². The SMILES string of the molecule is CC(C)Cc1ccc(C(=O)N2CCN(S(=O)(=O)c3cccc(F)c3)CC2)cc1. The van der Waals surface area contributed by atoms with E-state index in [0.29, 0.717) is 24.6 Å². The van der Waals surface area contributed by atoms with Crippen LogP contribution in [0.4, 0.5) is 4.39 Å². The van der Waals surface area contributed by atoms with Crippen molar-refractivity contribution in [2.75, 3.05) is 26.2 Å². The Labute approximate surface area is 165 Å². The molecule has 0 unspecified atom stereocenters. The van der Waals surface area contributed by atoms with Crippen LogP contribution in [0.15, 0.2) is 53.4 Å². The number of nitrogens with zero attached hydrogens (tertiary/aromatic N) is 2. The van der Waals surface area contributed by atoms with Gasteiger partial charge in [0.25, 0.3) is 5.91 Å². The first-order chi connectivity index (χ1) is 13.3. The van der Waals surface area contributed by atoms with Crippen molar-refractivity contribution in [1.29, 1.82) is 0 Å². The third-order valence-corrected chi connectivity index (χ3v) is 6.70. The molecule has 1 amide bonds. The molecule has 0 bridgehead atoms. The van der Waals surface area contributed by atoms with Crippen molar-refractivity contribution in [1.82, 2.24) is 9.21 Å². The normalized spacial score (nSPS) is 15.8. The molecule has 1 heterocycles. The maximum absolute atomic E-state index is 13.4. The van der Waals surface area contributed by atoms with E-state index < -0.39 is 15.8 Å². The van der Waals surface area contributed by atoms with Crippen LogP contribution < -0.4 is 0 Å². The highest BCUT2D eigenvalue weighted by molar-refractivity contribution is 7.89. The highest BCUT2D eigenvalue weighted by Gasteiger charge is 2.30. The van der Waals surface area contributed by atoms with E-state index >= 15 is 0 Å². The standard InChI is InChI=1S/C21H25FN2O3S/c1-16(2)14-17-6-8-18(9-7-17)21(25)23-10-12-24(13-11-23)28(26,27)20-5-3-4-19(22)15-20/h3-9,15-16H,10-14H2,1-2H3. The van der Waals surface area contributed by atoms with E-state index in [1.807, 2.05) is 24.3 Å². The molecule has 5 nitrogen and oxygen atoms in total. The van der Waals surface area contributed by atoms with Crippen LogP contribution in [0.3, 0.4) is 0 Å². The third-order valence-electron chi connectivity index (χ3n) is 4.80. The summed E-state index contributed by atoms with van der Waals surface area (Å²) in [4.78, 5) is 14.3. The minimum absolute atomic E-state index is 0.0620. The minimum atomic E-state index is -3.76. The summed E-state index contributed by atoms with van der Waals surface area (Å²) in [5.74, 6) is -0.135. The fourth-order valence-electron chi connectivity index (χ4n) is 3.35. The van der Waals surface area contributed by atoms with E-state index in [-0.39, 0.29) is 23.9 Å². The van der Waals surface area contributed by atoms with Crippen molar-refractivity contribution in [2.24, 2.45) is 5.92 Å². The fraction of sp³-hybridized carbons (Fsp3) is 0.381. The lowest BCUT2D eigenvalue weighted by molar-refractivity contribution is 0.0698. The van der Waals surface area contributed by atoms with Crippen molar-refractivity contribution in [3.63, 3.8) is 0 Å². The molecular formula is C21H25FN2O3S. The molecule has 0 spiro atoms. The van der Waals surface area contributed by atoms with Crippen LogP contribution in [0.5, 0.6) is 0 Å².